The van der Waals surface area contributed by atoms with E-state index in [2.05, 4.69) is 207 Å². The summed E-state index contributed by atoms with van der Waals surface area (Å²) in [7, 11) is 0. The van der Waals surface area contributed by atoms with Crippen molar-refractivity contribution in [3.05, 3.63) is 230 Å². The van der Waals surface area contributed by atoms with Gasteiger partial charge in [-0.1, -0.05) is 178 Å². The molecule has 0 aliphatic heterocycles. The van der Waals surface area contributed by atoms with Crippen LogP contribution in [0.2, 0.25) is 0 Å². The zero-order chi connectivity index (χ0) is 44.6. The van der Waals surface area contributed by atoms with Crippen molar-refractivity contribution in [2.75, 3.05) is 4.90 Å². The number of benzene rings is 10. The molecule has 0 bridgehead atoms. The first-order valence-corrected chi connectivity index (χ1v) is 22.8. The highest BCUT2D eigenvalue weighted by atomic mass is 16.3. The molecular weight excluding hydrogens is 817 g/mol. The first kappa shape index (κ1) is 38.8. The fraction of sp³-hybridized carbons (Fsp3) is 0.0484. The third kappa shape index (κ3) is 6.34. The molecule has 0 unspecified atom stereocenters. The number of fused-ring (bicyclic) bond motifs is 9. The number of furan rings is 1. The minimum Gasteiger partial charge on any atom is -0.455 e. The molecular formula is C62H42N4O. The second kappa shape index (κ2) is 15.2. The maximum absolute atomic E-state index is 6.84. The number of nitrogens with zero attached hydrogens (tertiary/aromatic N) is 4. The van der Waals surface area contributed by atoms with Crippen molar-refractivity contribution in [1.29, 1.82) is 0 Å². The van der Waals surface area contributed by atoms with Gasteiger partial charge in [0, 0.05) is 55.3 Å². The van der Waals surface area contributed by atoms with E-state index in [0.717, 1.165) is 83.0 Å². The smallest absolute Gasteiger partial charge is 0.164 e. The summed E-state index contributed by atoms with van der Waals surface area (Å²) in [5, 5.41) is 6.34. The highest BCUT2D eigenvalue weighted by Crippen LogP contribution is 2.51. The van der Waals surface area contributed by atoms with E-state index in [9.17, 15) is 0 Å². The zero-order valence-corrected chi connectivity index (χ0v) is 37.0. The molecule has 10 aromatic carbocycles. The van der Waals surface area contributed by atoms with Crippen LogP contribution in [-0.2, 0) is 5.41 Å². The van der Waals surface area contributed by atoms with Gasteiger partial charge in [0.2, 0.25) is 0 Å². The van der Waals surface area contributed by atoms with Crippen LogP contribution < -0.4 is 4.90 Å². The van der Waals surface area contributed by atoms with E-state index in [0.29, 0.717) is 17.5 Å². The van der Waals surface area contributed by atoms with Crippen LogP contribution in [0.5, 0.6) is 0 Å². The molecule has 1 aliphatic rings. The lowest BCUT2D eigenvalue weighted by molar-refractivity contribution is 0.660. The maximum atomic E-state index is 6.84. The molecule has 316 valence electrons. The van der Waals surface area contributed by atoms with Crippen LogP contribution in [0.3, 0.4) is 0 Å². The van der Waals surface area contributed by atoms with Crippen LogP contribution >= 0.6 is 0 Å². The van der Waals surface area contributed by atoms with Crippen LogP contribution in [0.4, 0.5) is 17.1 Å². The fourth-order valence-electron chi connectivity index (χ4n) is 10.4. The van der Waals surface area contributed by atoms with Gasteiger partial charge >= 0.3 is 0 Å². The Bertz CT molecular complexity index is 3890. The van der Waals surface area contributed by atoms with Crippen molar-refractivity contribution in [3.8, 4) is 56.4 Å². The Morgan fingerprint density at radius 1 is 0.373 bits per heavy atom. The molecule has 13 rings (SSSR count). The third-order valence-corrected chi connectivity index (χ3v) is 13.7. The van der Waals surface area contributed by atoms with Gasteiger partial charge < -0.3 is 9.32 Å². The van der Waals surface area contributed by atoms with Gasteiger partial charge in [0.1, 0.15) is 11.2 Å². The Morgan fingerprint density at radius 2 is 0.985 bits per heavy atom. The second-order valence-electron chi connectivity index (χ2n) is 18.0. The van der Waals surface area contributed by atoms with Gasteiger partial charge in [-0.25, -0.2) is 15.0 Å². The van der Waals surface area contributed by atoms with E-state index >= 15 is 0 Å². The molecule has 0 spiro atoms. The minimum absolute atomic E-state index is 0.119. The quantitative estimate of drug-likeness (QED) is 0.160. The van der Waals surface area contributed by atoms with E-state index in [1.54, 1.807) is 0 Å². The topological polar surface area (TPSA) is 55.1 Å². The Kier molecular flexibility index (Phi) is 8.80. The summed E-state index contributed by atoms with van der Waals surface area (Å²) in [5.74, 6) is 1.83. The van der Waals surface area contributed by atoms with E-state index in [1.807, 2.05) is 30.3 Å². The maximum Gasteiger partial charge on any atom is 0.164 e. The molecule has 2 heterocycles. The lowest BCUT2D eigenvalue weighted by atomic mass is 9.82. The highest BCUT2D eigenvalue weighted by Gasteiger charge is 2.35. The molecule has 2 aromatic heterocycles. The largest absolute Gasteiger partial charge is 0.455 e. The number of hydrogen-bond donors (Lipinski definition) is 0. The molecule has 1 aliphatic carbocycles. The standard InChI is InChI=1S/C62H42N4O/c1-62(2)54-26-13-11-22-48(54)49-35-34-46(37-55(49)62)66(44-20-7-4-8-21-44)45-32-30-40(31-33-45)47-24-15-25-51-53(38-52-50-23-12-14-27-56(50)67-58(52)57(47)51)61-64-59(41-17-5-3-6-18-41)63-60(65-61)43-29-28-39-16-9-10-19-42(39)36-43/h3-38H,1-2H3. The molecule has 0 saturated heterocycles. The fourth-order valence-corrected chi connectivity index (χ4v) is 10.4. The van der Waals surface area contributed by atoms with Crippen LogP contribution in [0.15, 0.2) is 223 Å². The highest BCUT2D eigenvalue weighted by molar-refractivity contribution is 6.22. The van der Waals surface area contributed by atoms with Crippen LogP contribution in [-0.4, -0.2) is 15.0 Å². The second-order valence-corrected chi connectivity index (χ2v) is 18.0. The molecule has 0 amide bonds. The summed E-state index contributed by atoms with van der Waals surface area (Å²) in [6.45, 7) is 4.68. The van der Waals surface area contributed by atoms with Crippen LogP contribution in [0.1, 0.15) is 25.0 Å². The summed E-state index contributed by atoms with van der Waals surface area (Å²) >= 11 is 0. The summed E-state index contributed by atoms with van der Waals surface area (Å²) in [6, 6.07) is 77.3. The predicted molar refractivity (Wildman–Crippen MR) is 276 cm³/mol. The Balaban J connectivity index is 0.988. The van der Waals surface area contributed by atoms with Gasteiger partial charge in [-0.3, -0.25) is 0 Å². The normalized spacial score (nSPS) is 12.7. The number of hydrogen-bond acceptors (Lipinski definition) is 5. The summed E-state index contributed by atoms with van der Waals surface area (Å²) < 4.78 is 6.84. The molecule has 0 atom stereocenters. The number of anilines is 3. The average molecular weight is 859 g/mol. The summed E-state index contributed by atoms with van der Waals surface area (Å²) in [6.07, 6.45) is 0. The zero-order valence-electron chi connectivity index (χ0n) is 37.0. The van der Waals surface area contributed by atoms with Crippen molar-refractivity contribution in [2.45, 2.75) is 19.3 Å². The lowest BCUT2D eigenvalue weighted by Gasteiger charge is -2.28. The van der Waals surface area contributed by atoms with E-state index in [-0.39, 0.29) is 5.41 Å². The lowest BCUT2D eigenvalue weighted by Crippen LogP contribution is -2.16. The molecule has 67 heavy (non-hydrogen) atoms. The first-order valence-electron chi connectivity index (χ1n) is 22.8. The van der Waals surface area contributed by atoms with Crippen molar-refractivity contribution in [3.63, 3.8) is 0 Å². The Labute approximate surface area is 388 Å². The average Bonchev–Trinajstić information content (AvgIpc) is 3.88. The first-order chi connectivity index (χ1) is 33.0. The summed E-state index contributed by atoms with van der Waals surface area (Å²) in [5.41, 5.74) is 15.0. The van der Waals surface area contributed by atoms with Crippen molar-refractivity contribution >= 4 is 60.5 Å². The Hall–Kier alpha value is -8.67. The van der Waals surface area contributed by atoms with Gasteiger partial charge in [-0.15, -0.1) is 0 Å². The van der Waals surface area contributed by atoms with Gasteiger partial charge in [-0.05, 0) is 104 Å². The molecule has 12 aromatic rings. The molecule has 5 nitrogen and oxygen atoms in total. The van der Waals surface area contributed by atoms with E-state index in [1.165, 1.54) is 27.6 Å². The van der Waals surface area contributed by atoms with Gasteiger partial charge in [0.25, 0.3) is 0 Å². The van der Waals surface area contributed by atoms with Crippen LogP contribution in [0.25, 0.3) is 99.9 Å². The van der Waals surface area contributed by atoms with Gasteiger partial charge in [0.05, 0.1) is 0 Å². The third-order valence-electron chi connectivity index (χ3n) is 13.7. The molecule has 0 saturated carbocycles. The van der Waals surface area contributed by atoms with Crippen molar-refractivity contribution in [2.24, 2.45) is 0 Å². The van der Waals surface area contributed by atoms with Gasteiger partial charge in [0.15, 0.2) is 17.5 Å². The Morgan fingerprint density at radius 3 is 1.82 bits per heavy atom. The van der Waals surface area contributed by atoms with Crippen molar-refractivity contribution in [1.82, 2.24) is 15.0 Å². The minimum atomic E-state index is -0.119. The number of aromatic nitrogens is 3. The number of para-hydroxylation sites is 2. The monoisotopic (exact) mass is 858 g/mol. The number of rotatable bonds is 7. The van der Waals surface area contributed by atoms with E-state index in [4.69, 9.17) is 19.4 Å². The van der Waals surface area contributed by atoms with Crippen LogP contribution in [0, 0.1) is 0 Å². The summed E-state index contributed by atoms with van der Waals surface area (Å²) in [4.78, 5) is 18.0. The van der Waals surface area contributed by atoms with E-state index < -0.39 is 0 Å². The molecule has 5 heteroatoms. The van der Waals surface area contributed by atoms with Crippen molar-refractivity contribution < 1.29 is 4.42 Å². The molecule has 0 radical (unpaired) electrons. The molecule has 0 fully saturated rings. The SMILES string of the molecule is CC1(C)c2ccccc2-c2ccc(N(c3ccccc3)c3ccc(-c4cccc5c(-c6nc(-c7ccccc7)nc(-c7ccc8ccccc8c7)n6)cc6c7ccccc7oc6c45)cc3)cc21. The van der Waals surface area contributed by atoms with Gasteiger partial charge in [-0.2, -0.15) is 0 Å². The predicted octanol–water partition coefficient (Wildman–Crippen LogP) is 16.5. The molecule has 0 N–H and O–H groups in total.